The smallest absolute Gasteiger partial charge is 0.0125 e. The van der Waals surface area contributed by atoms with Gasteiger partial charge in [-0.1, -0.05) is 20.8 Å². The maximum Gasteiger partial charge on any atom is 0.0125 e. The van der Waals surface area contributed by atoms with E-state index >= 15 is 0 Å². The Hall–Kier alpha value is -0.120. The van der Waals surface area contributed by atoms with Crippen LogP contribution in [0.3, 0.4) is 0 Å². The van der Waals surface area contributed by atoms with Crippen molar-refractivity contribution in [2.75, 3.05) is 39.3 Å². The summed E-state index contributed by atoms with van der Waals surface area (Å²) in [5.41, 5.74) is 1.56. The third kappa shape index (κ3) is 4.88. The van der Waals surface area contributed by atoms with Gasteiger partial charge in [-0.3, -0.25) is 4.90 Å². The Labute approximate surface area is 181 Å². The standard InChI is InChI=1S/C26H49N3/c1-24(2,3)21-7-13-27(14-8-21)22-9-15-28(16-10-22)23-19-26(20-23)11-17-29(18-12-26)25(4,5)6/h21-23H,7-20H2,1-6H3. The summed E-state index contributed by atoms with van der Waals surface area (Å²) in [5, 5.41) is 0. The molecule has 0 unspecified atom stereocenters. The summed E-state index contributed by atoms with van der Waals surface area (Å²) >= 11 is 0. The highest BCUT2D eigenvalue weighted by molar-refractivity contribution is 5.03. The summed E-state index contributed by atoms with van der Waals surface area (Å²) in [5.74, 6) is 0.926. The topological polar surface area (TPSA) is 9.72 Å². The van der Waals surface area contributed by atoms with Gasteiger partial charge in [0.15, 0.2) is 0 Å². The first kappa shape index (κ1) is 22.1. The van der Waals surface area contributed by atoms with Crippen molar-refractivity contribution in [3.63, 3.8) is 0 Å². The van der Waals surface area contributed by atoms with Crippen molar-refractivity contribution < 1.29 is 0 Å². The lowest BCUT2D eigenvalue weighted by Crippen LogP contribution is -2.59. The van der Waals surface area contributed by atoms with Gasteiger partial charge in [-0.15, -0.1) is 0 Å². The van der Waals surface area contributed by atoms with Crippen molar-refractivity contribution >= 4 is 0 Å². The second-order valence-corrected chi connectivity index (χ2v) is 13.2. The fraction of sp³-hybridized carbons (Fsp3) is 1.00. The van der Waals surface area contributed by atoms with Gasteiger partial charge >= 0.3 is 0 Å². The van der Waals surface area contributed by atoms with E-state index in [0.717, 1.165) is 18.0 Å². The summed E-state index contributed by atoms with van der Waals surface area (Å²) in [6, 6.07) is 1.78. The second-order valence-electron chi connectivity index (χ2n) is 13.2. The summed E-state index contributed by atoms with van der Waals surface area (Å²) in [6.45, 7) is 22.5. The zero-order valence-electron chi connectivity index (χ0n) is 20.5. The van der Waals surface area contributed by atoms with Crippen LogP contribution >= 0.6 is 0 Å². The van der Waals surface area contributed by atoms with Crippen LogP contribution in [0.15, 0.2) is 0 Å². The molecule has 3 heterocycles. The lowest BCUT2D eigenvalue weighted by Gasteiger charge is -2.57. The zero-order valence-corrected chi connectivity index (χ0v) is 20.5. The normalized spacial score (nSPS) is 30.0. The first-order chi connectivity index (χ1) is 13.6. The van der Waals surface area contributed by atoms with Crippen LogP contribution in [0.2, 0.25) is 0 Å². The van der Waals surface area contributed by atoms with Gasteiger partial charge in [-0.2, -0.15) is 0 Å². The van der Waals surface area contributed by atoms with E-state index in [1.807, 2.05) is 0 Å². The van der Waals surface area contributed by atoms with E-state index < -0.39 is 0 Å². The predicted molar refractivity (Wildman–Crippen MR) is 124 cm³/mol. The molecule has 4 aliphatic rings. The molecule has 1 saturated carbocycles. The summed E-state index contributed by atoms with van der Waals surface area (Å²) in [7, 11) is 0. The van der Waals surface area contributed by atoms with Crippen LogP contribution in [0.4, 0.5) is 0 Å². The van der Waals surface area contributed by atoms with Gasteiger partial charge in [0, 0.05) is 17.6 Å². The molecule has 0 bridgehead atoms. The Morgan fingerprint density at radius 2 is 1.10 bits per heavy atom. The molecule has 3 nitrogen and oxygen atoms in total. The van der Waals surface area contributed by atoms with Gasteiger partial charge in [-0.05, 0) is 128 Å². The number of hydrogen-bond acceptors (Lipinski definition) is 3. The molecule has 3 heteroatoms. The van der Waals surface area contributed by atoms with Gasteiger partial charge in [0.1, 0.15) is 0 Å². The van der Waals surface area contributed by atoms with E-state index in [2.05, 4.69) is 56.2 Å². The first-order valence-electron chi connectivity index (χ1n) is 12.8. The van der Waals surface area contributed by atoms with Crippen molar-refractivity contribution in [2.45, 2.75) is 111 Å². The minimum Gasteiger partial charge on any atom is -0.300 e. The molecule has 1 aliphatic carbocycles. The molecule has 0 radical (unpaired) electrons. The number of rotatable bonds is 2. The van der Waals surface area contributed by atoms with Crippen molar-refractivity contribution in [2.24, 2.45) is 16.7 Å². The Kier molecular flexibility index (Phi) is 6.17. The second kappa shape index (κ2) is 8.10. The van der Waals surface area contributed by atoms with E-state index in [9.17, 15) is 0 Å². The first-order valence-corrected chi connectivity index (χ1v) is 12.8. The molecule has 4 fully saturated rings. The number of piperidine rings is 3. The van der Waals surface area contributed by atoms with Crippen molar-refractivity contribution in [3.05, 3.63) is 0 Å². The average molecular weight is 404 g/mol. The fourth-order valence-corrected chi connectivity index (χ4v) is 7.00. The maximum absolute atomic E-state index is 2.87. The van der Waals surface area contributed by atoms with E-state index in [0.29, 0.717) is 16.4 Å². The maximum atomic E-state index is 2.87. The summed E-state index contributed by atoms with van der Waals surface area (Å²) < 4.78 is 0. The van der Waals surface area contributed by atoms with Gasteiger partial charge in [-0.25, -0.2) is 0 Å². The highest BCUT2D eigenvalue weighted by atomic mass is 15.2. The summed E-state index contributed by atoms with van der Waals surface area (Å²) in [6.07, 6.45) is 11.5. The Morgan fingerprint density at radius 3 is 1.59 bits per heavy atom. The lowest BCUT2D eigenvalue weighted by atomic mass is 9.59. The Bertz CT molecular complexity index is 525. The SMILES string of the molecule is CC(C)(C)C1CCN(C2CCN(C3CC4(CCN(C(C)(C)C)CC4)C3)CC2)CC1. The molecule has 0 N–H and O–H groups in total. The van der Waals surface area contributed by atoms with Crippen LogP contribution in [0.5, 0.6) is 0 Å². The molecule has 29 heavy (non-hydrogen) atoms. The molecule has 1 spiro atoms. The molecule has 0 aromatic rings. The van der Waals surface area contributed by atoms with Crippen molar-refractivity contribution in [1.82, 2.24) is 14.7 Å². The minimum absolute atomic E-state index is 0.355. The highest BCUT2D eigenvalue weighted by Gasteiger charge is 2.49. The lowest BCUT2D eigenvalue weighted by molar-refractivity contribution is -0.0681. The van der Waals surface area contributed by atoms with Gasteiger partial charge in [0.05, 0.1) is 0 Å². The number of nitrogens with zero attached hydrogens (tertiary/aromatic N) is 3. The molecule has 0 amide bonds. The number of hydrogen-bond donors (Lipinski definition) is 0. The summed E-state index contributed by atoms with van der Waals surface area (Å²) in [4.78, 5) is 8.43. The molecule has 168 valence electrons. The largest absolute Gasteiger partial charge is 0.300 e. The van der Waals surface area contributed by atoms with Crippen LogP contribution in [-0.4, -0.2) is 71.6 Å². The van der Waals surface area contributed by atoms with E-state index in [1.165, 1.54) is 90.6 Å². The molecule has 0 aromatic carbocycles. The highest BCUT2D eigenvalue weighted by Crippen LogP contribution is 2.52. The van der Waals surface area contributed by atoms with Crippen LogP contribution in [0.1, 0.15) is 92.9 Å². The molecular formula is C26H49N3. The van der Waals surface area contributed by atoms with E-state index in [-0.39, 0.29) is 0 Å². The van der Waals surface area contributed by atoms with E-state index in [4.69, 9.17) is 0 Å². The predicted octanol–water partition coefficient (Wildman–Crippen LogP) is 5.25. The average Bonchev–Trinajstić information content (AvgIpc) is 2.65. The molecule has 3 aliphatic heterocycles. The van der Waals surface area contributed by atoms with Crippen LogP contribution in [-0.2, 0) is 0 Å². The van der Waals surface area contributed by atoms with Crippen molar-refractivity contribution in [1.29, 1.82) is 0 Å². The molecular weight excluding hydrogens is 354 g/mol. The number of likely N-dealkylation sites (tertiary alicyclic amines) is 3. The van der Waals surface area contributed by atoms with Gasteiger partial charge < -0.3 is 9.80 Å². The van der Waals surface area contributed by atoms with Gasteiger partial charge in [0.25, 0.3) is 0 Å². The third-order valence-corrected chi connectivity index (χ3v) is 9.40. The Balaban J connectivity index is 1.18. The third-order valence-electron chi connectivity index (χ3n) is 9.40. The molecule has 0 aromatic heterocycles. The molecule has 0 atom stereocenters. The molecule has 4 rings (SSSR count). The van der Waals surface area contributed by atoms with Crippen LogP contribution in [0.25, 0.3) is 0 Å². The monoisotopic (exact) mass is 403 g/mol. The minimum atomic E-state index is 0.355. The zero-order chi connectivity index (χ0) is 20.9. The molecule has 3 saturated heterocycles. The fourth-order valence-electron chi connectivity index (χ4n) is 7.00. The van der Waals surface area contributed by atoms with Crippen LogP contribution < -0.4 is 0 Å². The Morgan fingerprint density at radius 1 is 0.621 bits per heavy atom. The quantitative estimate of drug-likeness (QED) is 0.623. The van der Waals surface area contributed by atoms with Crippen molar-refractivity contribution in [3.8, 4) is 0 Å². The van der Waals surface area contributed by atoms with Crippen LogP contribution in [0, 0.1) is 16.7 Å². The van der Waals surface area contributed by atoms with E-state index in [1.54, 1.807) is 0 Å². The van der Waals surface area contributed by atoms with Gasteiger partial charge in [0.2, 0.25) is 0 Å².